The lowest BCUT2D eigenvalue weighted by atomic mass is 9.92. The van der Waals surface area contributed by atoms with E-state index in [1.165, 1.54) is 23.6 Å². The molecule has 1 saturated heterocycles. The number of likely N-dealkylation sites (tertiary alicyclic amines) is 1. The van der Waals surface area contributed by atoms with Crippen LogP contribution in [0.4, 0.5) is 4.79 Å². The number of aryl methyl sites for hydroxylation is 1. The van der Waals surface area contributed by atoms with Crippen LogP contribution in [0.3, 0.4) is 0 Å². The maximum atomic E-state index is 13.4. The molecule has 1 aromatic carbocycles. The van der Waals surface area contributed by atoms with Gasteiger partial charge in [0.25, 0.3) is 17.7 Å². The highest BCUT2D eigenvalue weighted by Crippen LogP contribution is 2.34. The third-order valence-electron chi connectivity index (χ3n) is 6.64. The van der Waals surface area contributed by atoms with Gasteiger partial charge in [0.1, 0.15) is 21.8 Å². The number of rotatable bonds is 7. The zero-order chi connectivity index (χ0) is 30.5. The summed E-state index contributed by atoms with van der Waals surface area (Å²) in [5.74, 6) is -1.61. The van der Waals surface area contributed by atoms with E-state index in [9.17, 15) is 19.2 Å². The van der Waals surface area contributed by atoms with Crippen LogP contribution in [-0.2, 0) is 16.0 Å². The number of hydrogen-bond acceptors (Lipinski definition) is 8. The van der Waals surface area contributed by atoms with E-state index in [1.807, 2.05) is 42.6 Å². The number of nitrogens with one attached hydrogen (secondary N) is 3. The van der Waals surface area contributed by atoms with Crippen LogP contribution in [0.5, 0.6) is 0 Å². The highest BCUT2D eigenvalue weighted by molar-refractivity contribution is 7.09. The standard InChI is InChI=1S/C30H36N6O5S/c1-19-18-42-25(32-19)23-12-9-15-36(23)26(38)21-13-14-31-22(16-21)24(37)34-35-27(39)30(5,17-20-10-7-6-8-11-20)33-28(40)41-29(2,3)4/h6-8,10-11,13-14,16,18,23H,9,12,15,17H2,1-5H3,(H,33,40)(H,34,37)(H,35,39)/t23-,30-/m1/s1. The molecule has 0 saturated carbocycles. The van der Waals surface area contributed by atoms with Crippen molar-refractivity contribution in [3.63, 3.8) is 0 Å². The number of pyridine rings is 1. The second-order valence-electron chi connectivity index (χ2n) is 11.4. The first-order valence-electron chi connectivity index (χ1n) is 13.7. The van der Waals surface area contributed by atoms with Gasteiger partial charge in [0.2, 0.25) is 0 Å². The molecule has 1 aliphatic rings. The van der Waals surface area contributed by atoms with E-state index < -0.39 is 29.0 Å². The molecule has 0 aliphatic carbocycles. The van der Waals surface area contributed by atoms with Crippen LogP contribution in [0.2, 0.25) is 0 Å². The predicted octanol–water partition coefficient (Wildman–Crippen LogP) is 4.11. The molecule has 42 heavy (non-hydrogen) atoms. The summed E-state index contributed by atoms with van der Waals surface area (Å²) >= 11 is 1.53. The van der Waals surface area contributed by atoms with Gasteiger partial charge in [0.05, 0.1) is 6.04 Å². The molecule has 222 valence electrons. The first-order chi connectivity index (χ1) is 19.8. The van der Waals surface area contributed by atoms with Crippen LogP contribution in [0, 0.1) is 6.92 Å². The maximum absolute atomic E-state index is 13.4. The summed E-state index contributed by atoms with van der Waals surface area (Å²) in [5.41, 5.74) is 4.47. The number of ether oxygens (including phenoxy) is 1. The van der Waals surface area contributed by atoms with Crippen LogP contribution in [-0.4, -0.2) is 56.4 Å². The first-order valence-corrected chi connectivity index (χ1v) is 14.6. The summed E-state index contributed by atoms with van der Waals surface area (Å²) in [7, 11) is 0. The molecule has 0 spiro atoms. The normalized spacial score (nSPS) is 16.3. The van der Waals surface area contributed by atoms with Gasteiger partial charge in [-0.15, -0.1) is 11.3 Å². The average Bonchev–Trinajstić information content (AvgIpc) is 3.59. The van der Waals surface area contributed by atoms with Crippen LogP contribution < -0.4 is 16.2 Å². The lowest BCUT2D eigenvalue weighted by molar-refractivity contribution is -0.127. The van der Waals surface area contributed by atoms with Crippen molar-refractivity contribution < 1.29 is 23.9 Å². The minimum atomic E-state index is -1.47. The number of aromatic nitrogens is 2. The van der Waals surface area contributed by atoms with E-state index in [2.05, 4.69) is 26.1 Å². The Hall–Kier alpha value is -4.32. The van der Waals surface area contributed by atoms with Gasteiger partial charge in [-0.1, -0.05) is 30.3 Å². The number of carbonyl (C=O) groups is 4. The van der Waals surface area contributed by atoms with E-state index in [-0.39, 0.29) is 24.1 Å². The summed E-state index contributed by atoms with van der Waals surface area (Å²) < 4.78 is 5.36. The molecule has 0 radical (unpaired) electrons. The van der Waals surface area contributed by atoms with Crippen LogP contribution in [0.25, 0.3) is 0 Å². The summed E-state index contributed by atoms with van der Waals surface area (Å²) in [5, 5.41) is 5.50. The third kappa shape index (κ3) is 7.69. The number of hydrogen-bond donors (Lipinski definition) is 3. The van der Waals surface area contributed by atoms with E-state index in [0.717, 1.165) is 29.1 Å². The third-order valence-corrected chi connectivity index (χ3v) is 7.71. The fourth-order valence-electron chi connectivity index (χ4n) is 4.68. The molecule has 0 bridgehead atoms. The molecule has 3 heterocycles. The molecule has 1 aliphatic heterocycles. The molecule has 12 heteroatoms. The molecule has 2 atom stereocenters. The SMILES string of the molecule is Cc1csc([C@H]2CCCN2C(=O)c2ccnc(C(=O)NNC(=O)[C@@](C)(Cc3ccccc3)NC(=O)OC(C)(C)C)c2)n1. The number of amides is 4. The molecule has 3 N–H and O–H groups in total. The Balaban J connectivity index is 1.45. The van der Waals surface area contributed by atoms with Crippen molar-refractivity contribution in [2.24, 2.45) is 0 Å². The Kier molecular flexibility index (Phi) is 9.25. The molecular formula is C30H36N6O5S. The second-order valence-corrected chi connectivity index (χ2v) is 12.3. The van der Waals surface area contributed by atoms with Gasteiger partial charge in [0, 0.05) is 35.8 Å². The van der Waals surface area contributed by atoms with E-state index in [4.69, 9.17) is 4.74 Å². The molecule has 11 nitrogen and oxygen atoms in total. The zero-order valence-corrected chi connectivity index (χ0v) is 25.2. The van der Waals surface area contributed by atoms with Gasteiger partial charge in [0.15, 0.2) is 0 Å². The number of alkyl carbamates (subject to hydrolysis) is 1. The van der Waals surface area contributed by atoms with E-state index in [0.29, 0.717) is 12.1 Å². The second kappa shape index (κ2) is 12.7. The smallest absolute Gasteiger partial charge is 0.408 e. The number of nitrogens with zero attached hydrogens (tertiary/aromatic N) is 3. The van der Waals surface area contributed by atoms with Crippen LogP contribution in [0.1, 0.15) is 83.7 Å². The minimum Gasteiger partial charge on any atom is -0.444 e. The van der Waals surface area contributed by atoms with Gasteiger partial charge < -0.3 is 15.0 Å². The van der Waals surface area contributed by atoms with Gasteiger partial charge in [-0.2, -0.15) is 0 Å². The lowest BCUT2D eigenvalue weighted by Gasteiger charge is -2.31. The van der Waals surface area contributed by atoms with Crippen molar-refractivity contribution >= 4 is 35.2 Å². The fourth-order valence-corrected chi connectivity index (χ4v) is 5.62. The monoisotopic (exact) mass is 592 g/mol. The average molecular weight is 593 g/mol. The minimum absolute atomic E-state index is 0.0492. The number of thiazole rings is 1. The molecule has 4 amide bonds. The number of hydrazine groups is 1. The Labute approximate surface area is 249 Å². The van der Waals surface area contributed by atoms with E-state index in [1.54, 1.807) is 38.7 Å². The highest BCUT2D eigenvalue weighted by Gasteiger charge is 2.37. The number of carbonyl (C=O) groups excluding carboxylic acids is 4. The molecule has 1 fully saturated rings. The number of benzene rings is 1. The zero-order valence-electron chi connectivity index (χ0n) is 24.4. The maximum Gasteiger partial charge on any atom is 0.408 e. The van der Waals surface area contributed by atoms with Gasteiger partial charge in [-0.3, -0.25) is 30.2 Å². The lowest BCUT2D eigenvalue weighted by Crippen LogP contribution is -2.61. The van der Waals surface area contributed by atoms with Crippen molar-refractivity contribution in [1.29, 1.82) is 0 Å². The van der Waals surface area contributed by atoms with Crippen molar-refractivity contribution in [3.8, 4) is 0 Å². The Bertz CT molecular complexity index is 1450. The van der Waals surface area contributed by atoms with Crippen molar-refractivity contribution in [3.05, 3.63) is 81.6 Å². The van der Waals surface area contributed by atoms with Crippen LogP contribution in [0.15, 0.2) is 54.0 Å². The summed E-state index contributed by atoms with van der Waals surface area (Å²) in [6, 6.07) is 12.0. The van der Waals surface area contributed by atoms with Gasteiger partial charge in [-0.05, 0) is 65.2 Å². The summed E-state index contributed by atoms with van der Waals surface area (Å²) in [6.45, 7) is 9.21. The van der Waals surface area contributed by atoms with Gasteiger partial charge >= 0.3 is 6.09 Å². The molecule has 0 unspecified atom stereocenters. The van der Waals surface area contributed by atoms with Crippen molar-refractivity contribution in [2.45, 2.75) is 71.1 Å². The van der Waals surface area contributed by atoms with Gasteiger partial charge in [-0.25, -0.2) is 9.78 Å². The summed E-state index contributed by atoms with van der Waals surface area (Å²) in [4.78, 5) is 62.8. The Morgan fingerprint density at radius 1 is 1.07 bits per heavy atom. The Morgan fingerprint density at radius 3 is 2.48 bits per heavy atom. The molecular weight excluding hydrogens is 556 g/mol. The van der Waals surface area contributed by atoms with E-state index >= 15 is 0 Å². The molecule has 2 aromatic heterocycles. The van der Waals surface area contributed by atoms with Crippen LogP contribution >= 0.6 is 11.3 Å². The molecule has 3 aromatic rings. The quantitative estimate of drug-likeness (QED) is 0.351. The fraction of sp³-hybridized carbons (Fsp3) is 0.400. The highest BCUT2D eigenvalue weighted by atomic mass is 32.1. The summed E-state index contributed by atoms with van der Waals surface area (Å²) in [6.07, 6.45) is 2.42. The topological polar surface area (TPSA) is 143 Å². The van der Waals surface area contributed by atoms with Crippen molar-refractivity contribution in [1.82, 2.24) is 31.0 Å². The molecule has 4 rings (SSSR count). The van der Waals surface area contributed by atoms with Crippen molar-refractivity contribution in [2.75, 3.05) is 6.54 Å². The predicted molar refractivity (Wildman–Crippen MR) is 158 cm³/mol. The largest absolute Gasteiger partial charge is 0.444 e. The first kappa shape index (κ1) is 30.6. The Morgan fingerprint density at radius 2 is 1.81 bits per heavy atom.